The summed E-state index contributed by atoms with van der Waals surface area (Å²) in [6.07, 6.45) is 65.2. The van der Waals surface area contributed by atoms with Gasteiger partial charge in [0.15, 0.2) is 6.10 Å². The summed E-state index contributed by atoms with van der Waals surface area (Å²) in [7, 11) is 0. The van der Waals surface area contributed by atoms with Gasteiger partial charge in [-0.25, -0.2) is 0 Å². The Morgan fingerprint density at radius 3 is 0.923 bits per heavy atom. The number of hydrogen-bond acceptors (Lipinski definition) is 6. The maximum Gasteiger partial charge on any atom is 0.306 e. The van der Waals surface area contributed by atoms with Gasteiger partial charge < -0.3 is 14.2 Å². The number of allylic oxidation sites excluding steroid dienone is 8. The third kappa shape index (κ3) is 52.2. The Hall–Kier alpha value is -2.63. The highest BCUT2D eigenvalue weighted by Gasteiger charge is 2.19. The van der Waals surface area contributed by atoms with Crippen molar-refractivity contribution in [3.05, 3.63) is 48.6 Å². The minimum atomic E-state index is -0.784. The first kappa shape index (κ1) is 62.4. The molecule has 0 saturated heterocycles. The minimum Gasteiger partial charge on any atom is -0.462 e. The fourth-order valence-electron chi connectivity index (χ4n) is 8.04. The molecular weight excluding hydrogens is 805 g/mol. The van der Waals surface area contributed by atoms with Crippen LogP contribution in [0.5, 0.6) is 0 Å². The van der Waals surface area contributed by atoms with Crippen molar-refractivity contribution in [2.75, 3.05) is 13.2 Å². The van der Waals surface area contributed by atoms with Crippen molar-refractivity contribution in [1.82, 2.24) is 0 Å². The van der Waals surface area contributed by atoms with Gasteiger partial charge >= 0.3 is 17.9 Å². The van der Waals surface area contributed by atoms with Gasteiger partial charge in [-0.2, -0.15) is 0 Å². The highest BCUT2D eigenvalue weighted by molar-refractivity contribution is 5.71. The van der Waals surface area contributed by atoms with Crippen molar-refractivity contribution < 1.29 is 28.6 Å². The van der Waals surface area contributed by atoms with Gasteiger partial charge in [0.25, 0.3) is 0 Å². The summed E-state index contributed by atoms with van der Waals surface area (Å²) in [5.41, 5.74) is 0. The predicted molar refractivity (Wildman–Crippen MR) is 279 cm³/mol. The number of esters is 3. The molecular formula is C59H106O6. The molecule has 1 atom stereocenters. The first-order valence-corrected chi connectivity index (χ1v) is 28.1. The standard InChI is InChI=1S/C59H106O6/c1-4-7-10-13-16-19-22-25-27-29-30-32-34-37-40-43-46-49-52-58(61)64-55-56(54-63-57(60)51-48-45-42-39-36-33-24-21-18-15-12-9-6-3)65-59(62)53-50-47-44-41-38-35-31-28-26-23-20-17-14-11-8-5-2/h12,15,20-21,23-24,28,31,56H,4-11,13-14,16-19,22,25-27,29-30,32-55H2,1-3H3/b15-12-,23-20-,24-21-,31-28-. The largest absolute Gasteiger partial charge is 0.462 e. The van der Waals surface area contributed by atoms with E-state index in [0.717, 1.165) is 109 Å². The van der Waals surface area contributed by atoms with Crippen LogP contribution in [0.15, 0.2) is 48.6 Å². The SMILES string of the molecule is CCC/C=C\C/C=C\CCCCCCCC(=O)OCC(COC(=O)CCCCCCCCCCCCCCCCCCCC)OC(=O)CCCCCCC/C=C\C/C=C\CCCCCC. The summed E-state index contributed by atoms with van der Waals surface area (Å²) >= 11 is 0. The molecule has 0 aliphatic carbocycles. The van der Waals surface area contributed by atoms with E-state index < -0.39 is 6.10 Å². The molecule has 0 heterocycles. The van der Waals surface area contributed by atoms with Crippen LogP contribution in [0.25, 0.3) is 0 Å². The molecule has 0 fully saturated rings. The van der Waals surface area contributed by atoms with E-state index in [9.17, 15) is 14.4 Å². The molecule has 0 amide bonds. The molecule has 0 aromatic rings. The zero-order chi connectivity index (χ0) is 47.2. The maximum atomic E-state index is 12.8. The Bertz CT molecular complexity index is 1140. The van der Waals surface area contributed by atoms with Crippen LogP contribution >= 0.6 is 0 Å². The number of ether oxygens (including phenoxy) is 3. The first-order chi connectivity index (χ1) is 32.0. The Labute approximate surface area is 403 Å². The fourth-order valence-corrected chi connectivity index (χ4v) is 8.04. The van der Waals surface area contributed by atoms with E-state index in [0.29, 0.717) is 19.3 Å². The molecule has 0 bridgehead atoms. The van der Waals surface area contributed by atoms with Gasteiger partial charge in [0, 0.05) is 19.3 Å². The summed E-state index contributed by atoms with van der Waals surface area (Å²) in [6, 6.07) is 0. The molecule has 0 saturated carbocycles. The molecule has 0 spiro atoms. The van der Waals surface area contributed by atoms with Gasteiger partial charge in [0.1, 0.15) is 13.2 Å². The normalized spacial score (nSPS) is 12.4. The number of rotatable bonds is 51. The quantitative estimate of drug-likeness (QED) is 0.0262. The number of unbranched alkanes of at least 4 members (excludes halogenated alkanes) is 32. The van der Waals surface area contributed by atoms with Crippen LogP contribution in [0.1, 0.15) is 290 Å². The lowest BCUT2D eigenvalue weighted by Gasteiger charge is -2.18. The number of hydrogen-bond donors (Lipinski definition) is 0. The molecule has 1 unspecified atom stereocenters. The summed E-state index contributed by atoms with van der Waals surface area (Å²) in [6.45, 7) is 6.57. The molecule has 6 nitrogen and oxygen atoms in total. The van der Waals surface area contributed by atoms with Gasteiger partial charge in [-0.3, -0.25) is 14.4 Å². The van der Waals surface area contributed by atoms with E-state index in [1.165, 1.54) is 141 Å². The van der Waals surface area contributed by atoms with Crippen molar-refractivity contribution in [1.29, 1.82) is 0 Å². The minimum absolute atomic E-state index is 0.0807. The molecule has 0 aliphatic heterocycles. The van der Waals surface area contributed by atoms with Gasteiger partial charge in [-0.05, 0) is 77.0 Å². The topological polar surface area (TPSA) is 78.9 Å². The van der Waals surface area contributed by atoms with E-state index in [2.05, 4.69) is 69.4 Å². The average molecular weight is 911 g/mol. The second-order valence-corrected chi connectivity index (χ2v) is 18.8. The lowest BCUT2D eigenvalue weighted by atomic mass is 10.0. The van der Waals surface area contributed by atoms with E-state index in [1.54, 1.807) is 0 Å². The first-order valence-electron chi connectivity index (χ1n) is 28.1. The van der Waals surface area contributed by atoms with Crippen molar-refractivity contribution in [2.24, 2.45) is 0 Å². The molecule has 6 heteroatoms. The van der Waals surface area contributed by atoms with E-state index in [4.69, 9.17) is 14.2 Å². The highest BCUT2D eigenvalue weighted by Crippen LogP contribution is 2.16. The summed E-state index contributed by atoms with van der Waals surface area (Å²) in [5.74, 6) is -0.897. The van der Waals surface area contributed by atoms with E-state index in [-0.39, 0.29) is 31.1 Å². The molecule has 0 N–H and O–H groups in total. The molecule has 0 aromatic carbocycles. The van der Waals surface area contributed by atoms with Crippen molar-refractivity contribution in [3.8, 4) is 0 Å². The van der Waals surface area contributed by atoms with Crippen LogP contribution in [0.3, 0.4) is 0 Å². The Morgan fingerprint density at radius 2 is 0.585 bits per heavy atom. The molecule has 0 aromatic heterocycles. The lowest BCUT2D eigenvalue weighted by molar-refractivity contribution is -0.167. The van der Waals surface area contributed by atoms with Crippen LogP contribution in [-0.4, -0.2) is 37.2 Å². The van der Waals surface area contributed by atoms with Gasteiger partial charge in [0.2, 0.25) is 0 Å². The highest BCUT2D eigenvalue weighted by atomic mass is 16.6. The third-order valence-corrected chi connectivity index (χ3v) is 12.3. The molecule has 378 valence electrons. The van der Waals surface area contributed by atoms with Crippen LogP contribution in [0, 0.1) is 0 Å². The molecule has 0 rings (SSSR count). The Balaban J connectivity index is 4.36. The Kier molecular flexibility index (Phi) is 51.8. The zero-order valence-electron chi connectivity index (χ0n) is 43.3. The average Bonchev–Trinajstić information content (AvgIpc) is 3.30. The van der Waals surface area contributed by atoms with Gasteiger partial charge in [-0.15, -0.1) is 0 Å². The van der Waals surface area contributed by atoms with E-state index in [1.807, 2.05) is 0 Å². The summed E-state index contributed by atoms with van der Waals surface area (Å²) < 4.78 is 16.8. The predicted octanol–water partition coefficient (Wildman–Crippen LogP) is 18.7. The van der Waals surface area contributed by atoms with Crippen molar-refractivity contribution in [2.45, 2.75) is 297 Å². The maximum absolute atomic E-state index is 12.8. The van der Waals surface area contributed by atoms with Gasteiger partial charge in [-0.1, -0.05) is 243 Å². The summed E-state index contributed by atoms with van der Waals surface area (Å²) in [5, 5.41) is 0. The number of carbonyl (C=O) groups is 3. The van der Waals surface area contributed by atoms with Crippen LogP contribution < -0.4 is 0 Å². The lowest BCUT2D eigenvalue weighted by Crippen LogP contribution is -2.30. The van der Waals surface area contributed by atoms with Crippen LogP contribution in [-0.2, 0) is 28.6 Å². The number of carbonyl (C=O) groups excluding carboxylic acids is 3. The zero-order valence-corrected chi connectivity index (χ0v) is 43.3. The fraction of sp³-hybridized carbons (Fsp3) is 0.814. The molecule has 65 heavy (non-hydrogen) atoms. The molecule has 0 aliphatic rings. The second kappa shape index (κ2) is 54.0. The monoisotopic (exact) mass is 911 g/mol. The van der Waals surface area contributed by atoms with Crippen LogP contribution in [0.4, 0.5) is 0 Å². The second-order valence-electron chi connectivity index (χ2n) is 18.8. The summed E-state index contributed by atoms with van der Waals surface area (Å²) in [4.78, 5) is 38.1. The van der Waals surface area contributed by atoms with Crippen molar-refractivity contribution >= 4 is 17.9 Å². The van der Waals surface area contributed by atoms with Gasteiger partial charge in [0.05, 0.1) is 0 Å². The third-order valence-electron chi connectivity index (χ3n) is 12.3. The smallest absolute Gasteiger partial charge is 0.306 e. The Morgan fingerprint density at radius 1 is 0.308 bits per heavy atom. The van der Waals surface area contributed by atoms with Crippen LogP contribution in [0.2, 0.25) is 0 Å². The van der Waals surface area contributed by atoms with Crippen molar-refractivity contribution in [3.63, 3.8) is 0 Å². The van der Waals surface area contributed by atoms with E-state index >= 15 is 0 Å². The molecule has 0 radical (unpaired) electrons.